The summed E-state index contributed by atoms with van der Waals surface area (Å²) in [6, 6.07) is -1.41. The Morgan fingerprint density at radius 2 is 2.08 bits per heavy atom. The molecule has 2 N–H and O–H groups in total. The molecule has 1 amide bonds. The van der Waals surface area contributed by atoms with E-state index in [2.05, 4.69) is 14.4 Å². The molecule has 0 fully saturated rings. The maximum Gasteiger partial charge on any atom is 0.359 e. The zero-order chi connectivity index (χ0) is 18.5. The first-order valence-electron chi connectivity index (χ1n) is 6.64. The molecule has 1 heterocycles. The number of sulfonamides is 1. The van der Waals surface area contributed by atoms with E-state index in [9.17, 15) is 22.8 Å². The van der Waals surface area contributed by atoms with Crippen LogP contribution in [0.15, 0.2) is 10.3 Å². The second kappa shape index (κ2) is 8.17. The van der Waals surface area contributed by atoms with Crippen molar-refractivity contribution in [1.29, 1.82) is 0 Å². The van der Waals surface area contributed by atoms with Crippen molar-refractivity contribution in [2.75, 3.05) is 20.2 Å². The highest BCUT2D eigenvalue weighted by Gasteiger charge is 2.36. The van der Waals surface area contributed by atoms with Crippen LogP contribution in [0.25, 0.3) is 0 Å². The molecule has 1 aromatic heterocycles. The van der Waals surface area contributed by atoms with Crippen molar-refractivity contribution >= 4 is 39.4 Å². The Labute approximate surface area is 142 Å². The predicted molar refractivity (Wildman–Crippen MR) is 83.1 cm³/mol. The van der Waals surface area contributed by atoms with Gasteiger partial charge in [-0.3, -0.25) is 9.59 Å². The van der Waals surface area contributed by atoms with E-state index >= 15 is 0 Å². The Morgan fingerprint density at radius 3 is 2.58 bits per heavy atom. The molecule has 0 saturated carbocycles. The number of carboxylic acids is 1. The van der Waals surface area contributed by atoms with Gasteiger partial charge in [0.15, 0.2) is 5.69 Å². The maximum absolute atomic E-state index is 12.8. The Morgan fingerprint density at radius 1 is 1.46 bits per heavy atom. The number of hydrogen-bond donors (Lipinski definition) is 2. The first-order valence-corrected chi connectivity index (χ1v) is 8.92. The molecule has 24 heavy (non-hydrogen) atoms. The summed E-state index contributed by atoms with van der Waals surface area (Å²) in [6.45, 7) is 2.06. The predicted octanol–water partition coefficient (Wildman–Crippen LogP) is -0.470. The van der Waals surface area contributed by atoms with Crippen LogP contribution in [0.3, 0.4) is 0 Å². The minimum absolute atomic E-state index is 0.0860. The summed E-state index contributed by atoms with van der Waals surface area (Å²) in [5.74, 6) is -2.70. The molecule has 1 atom stereocenters. The van der Waals surface area contributed by atoms with Gasteiger partial charge in [-0.15, -0.1) is 0 Å². The lowest BCUT2D eigenvalue weighted by molar-refractivity contribution is -0.140. The van der Waals surface area contributed by atoms with Crippen molar-refractivity contribution in [3.63, 3.8) is 0 Å². The number of rotatable bonds is 8. The molecule has 1 aromatic rings. The van der Waals surface area contributed by atoms with Gasteiger partial charge in [0.2, 0.25) is 15.9 Å². The Balaban J connectivity index is 3.24. The Bertz CT molecular complexity index is 729. The number of hydrogen-bond acceptors (Lipinski definition) is 8. The second-order valence-corrected chi connectivity index (χ2v) is 7.12. The summed E-state index contributed by atoms with van der Waals surface area (Å²) < 4.78 is 34.4. The first kappa shape index (κ1) is 20.0. The highest BCUT2D eigenvalue weighted by atomic mass is 32.2. The molecule has 0 aromatic carbocycles. The number of ether oxygens (including phenoxy) is 1. The third-order valence-corrected chi connectivity index (χ3v) is 5.76. The first-order chi connectivity index (χ1) is 11.1. The van der Waals surface area contributed by atoms with E-state index in [0.717, 1.165) is 24.0 Å². The van der Waals surface area contributed by atoms with E-state index in [0.29, 0.717) is 4.31 Å². The monoisotopic (exact) mass is 379 g/mol. The van der Waals surface area contributed by atoms with Crippen LogP contribution in [0.5, 0.6) is 0 Å². The number of nitrogens with one attached hydrogen (secondary N) is 1. The lowest BCUT2D eigenvalue weighted by atomic mass is 10.3. The minimum Gasteiger partial charge on any atom is -0.480 e. The van der Waals surface area contributed by atoms with Crippen LogP contribution < -0.4 is 5.32 Å². The quantitative estimate of drug-likeness (QED) is 0.577. The lowest BCUT2D eigenvalue weighted by Crippen LogP contribution is -2.46. The fourth-order valence-electron chi connectivity index (χ4n) is 1.76. The van der Waals surface area contributed by atoms with Gasteiger partial charge in [0.05, 0.1) is 7.11 Å². The van der Waals surface area contributed by atoms with E-state index < -0.39 is 38.6 Å². The summed E-state index contributed by atoms with van der Waals surface area (Å²) in [7, 11) is -3.26. The maximum atomic E-state index is 12.8. The number of amides is 1. The van der Waals surface area contributed by atoms with Gasteiger partial charge >= 0.3 is 11.9 Å². The molecule has 10 nitrogen and oxygen atoms in total. The number of esters is 1. The minimum atomic E-state index is -4.34. The van der Waals surface area contributed by atoms with Gasteiger partial charge in [-0.25, -0.2) is 13.2 Å². The SMILES string of the molecule is COC(=O)c1nscc1S(=O)(=O)N(CCNC(C)=O)C(C)C(=O)O. The number of carbonyl (C=O) groups is 3. The van der Waals surface area contributed by atoms with Crippen LogP contribution in [-0.2, 0) is 24.3 Å². The fourth-order valence-corrected chi connectivity index (χ4v) is 4.43. The van der Waals surface area contributed by atoms with Gasteiger partial charge in [-0.05, 0) is 18.5 Å². The van der Waals surface area contributed by atoms with Crippen LogP contribution in [-0.4, -0.2) is 66.3 Å². The Hall–Kier alpha value is -2.05. The molecule has 0 saturated heterocycles. The van der Waals surface area contributed by atoms with Crippen LogP contribution in [0.1, 0.15) is 24.3 Å². The van der Waals surface area contributed by atoms with Crippen LogP contribution in [0.4, 0.5) is 0 Å². The molecular weight excluding hydrogens is 362 g/mol. The highest BCUT2D eigenvalue weighted by molar-refractivity contribution is 7.89. The third-order valence-electron chi connectivity index (χ3n) is 3.00. The van der Waals surface area contributed by atoms with Gasteiger partial charge in [-0.1, -0.05) is 0 Å². The van der Waals surface area contributed by atoms with E-state index in [-0.39, 0.29) is 19.0 Å². The van der Waals surface area contributed by atoms with Crippen molar-refractivity contribution in [3.8, 4) is 0 Å². The molecule has 134 valence electrons. The number of methoxy groups -OCH3 is 1. The summed E-state index contributed by atoms with van der Waals surface area (Å²) in [5.41, 5.74) is -0.412. The van der Waals surface area contributed by atoms with Crippen LogP contribution in [0, 0.1) is 0 Å². The fraction of sp³-hybridized carbons (Fsp3) is 0.500. The van der Waals surface area contributed by atoms with Gasteiger partial charge in [0, 0.05) is 25.4 Å². The van der Waals surface area contributed by atoms with E-state index in [1.54, 1.807) is 0 Å². The molecule has 12 heteroatoms. The van der Waals surface area contributed by atoms with E-state index in [1.165, 1.54) is 13.8 Å². The number of nitrogens with zero attached hydrogens (tertiary/aromatic N) is 2. The van der Waals surface area contributed by atoms with Crippen molar-refractivity contribution in [2.24, 2.45) is 0 Å². The average molecular weight is 379 g/mol. The van der Waals surface area contributed by atoms with Crippen molar-refractivity contribution in [1.82, 2.24) is 14.0 Å². The van der Waals surface area contributed by atoms with Gasteiger partial charge in [0.25, 0.3) is 0 Å². The summed E-state index contributed by atoms with van der Waals surface area (Å²) in [6.07, 6.45) is 0. The number of carboxylic acid groups (broad SMARTS) is 1. The molecule has 0 aliphatic heterocycles. The molecule has 0 bridgehead atoms. The van der Waals surface area contributed by atoms with Crippen molar-refractivity contribution in [3.05, 3.63) is 11.1 Å². The molecule has 0 aliphatic rings. The van der Waals surface area contributed by atoms with Gasteiger partial charge in [0.1, 0.15) is 10.9 Å². The molecule has 0 spiro atoms. The second-order valence-electron chi connectivity index (χ2n) is 4.63. The zero-order valence-electron chi connectivity index (χ0n) is 13.2. The van der Waals surface area contributed by atoms with Crippen LogP contribution in [0.2, 0.25) is 0 Å². The Kier molecular flexibility index (Phi) is 6.81. The number of aliphatic carboxylic acids is 1. The molecule has 0 radical (unpaired) electrons. The topological polar surface area (TPSA) is 143 Å². The molecule has 1 unspecified atom stereocenters. The van der Waals surface area contributed by atoms with Crippen molar-refractivity contribution in [2.45, 2.75) is 24.8 Å². The largest absolute Gasteiger partial charge is 0.480 e. The van der Waals surface area contributed by atoms with Crippen molar-refractivity contribution < 1.29 is 32.6 Å². The molecule has 0 aliphatic carbocycles. The normalized spacial score (nSPS) is 12.7. The van der Waals surface area contributed by atoms with Gasteiger partial charge < -0.3 is 15.2 Å². The number of aromatic nitrogens is 1. The average Bonchev–Trinajstić information content (AvgIpc) is 2.99. The summed E-state index contributed by atoms with van der Waals surface area (Å²) in [5, 5.41) is 12.7. The molecule has 1 rings (SSSR count). The smallest absolute Gasteiger partial charge is 0.359 e. The molecular formula is C12H17N3O7S2. The highest BCUT2D eigenvalue weighted by Crippen LogP contribution is 2.24. The summed E-state index contributed by atoms with van der Waals surface area (Å²) in [4.78, 5) is 33.4. The van der Waals surface area contributed by atoms with E-state index in [4.69, 9.17) is 5.11 Å². The van der Waals surface area contributed by atoms with E-state index in [1.807, 2.05) is 0 Å². The lowest BCUT2D eigenvalue weighted by Gasteiger charge is -2.25. The van der Waals surface area contributed by atoms with Gasteiger partial charge in [-0.2, -0.15) is 8.68 Å². The zero-order valence-corrected chi connectivity index (χ0v) is 14.8. The summed E-state index contributed by atoms with van der Waals surface area (Å²) >= 11 is 0.729. The van der Waals surface area contributed by atoms with Crippen LogP contribution >= 0.6 is 11.5 Å². The third kappa shape index (κ3) is 4.49. The standard InChI is InChI=1S/C12H17N3O7S2/c1-7(11(17)18)15(5-4-13-8(2)16)24(20,21)9-6-23-14-10(9)12(19)22-3/h6-7H,4-5H2,1-3H3,(H,13,16)(H,17,18). The number of carbonyl (C=O) groups excluding carboxylic acids is 2.